The predicted octanol–water partition coefficient (Wildman–Crippen LogP) is 2.92. The van der Waals surface area contributed by atoms with Gasteiger partial charge in [-0.1, -0.05) is 17.7 Å². The van der Waals surface area contributed by atoms with Crippen molar-refractivity contribution in [1.29, 1.82) is 0 Å². The first-order chi connectivity index (χ1) is 8.83. The number of rotatable bonds is 7. The first kappa shape index (κ1) is 13.4. The summed E-state index contributed by atoms with van der Waals surface area (Å²) in [6, 6.07) is 8.12. The molecule has 2 aromatic rings. The average Bonchev–Trinajstić information content (AvgIpc) is 2.79. The minimum absolute atomic E-state index is 0.766. The molecule has 0 spiro atoms. The molecule has 0 saturated heterocycles. The van der Waals surface area contributed by atoms with Gasteiger partial charge in [-0.05, 0) is 31.2 Å². The highest BCUT2D eigenvalue weighted by molar-refractivity contribution is 6.35. The Bertz CT molecular complexity index is 495. The van der Waals surface area contributed by atoms with E-state index in [4.69, 9.17) is 16.3 Å². The second-order valence-corrected chi connectivity index (χ2v) is 4.69. The van der Waals surface area contributed by atoms with Crippen molar-refractivity contribution in [3.8, 4) is 0 Å². The van der Waals surface area contributed by atoms with Gasteiger partial charge in [0.25, 0.3) is 0 Å². The quantitative estimate of drug-likeness (QED) is 0.780. The lowest BCUT2D eigenvalue weighted by molar-refractivity contribution is 0.199. The van der Waals surface area contributed by atoms with Gasteiger partial charge in [-0.25, -0.2) is 0 Å². The fourth-order valence-electron chi connectivity index (χ4n) is 2.05. The lowest BCUT2D eigenvalue weighted by Crippen LogP contribution is -2.21. The van der Waals surface area contributed by atoms with Crippen molar-refractivity contribution in [1.82, 2.24) is 9.88 Å². The summed E-state index contributed by atoms with van der Waals surface area (Å²) in [7, 11) is 1.72. The van der Waals surface area contributed by atoms with Crippen LogP contribution in [0.15, 0.2) is 30.5 Å². The lowest BCUT2D eigenvalue weighted by Gasteiger charge is -2.07. The van der Waals surface area contributed by atoms with E-state index >= 15 is 0 Å². The molecule has 0 atom stereocenters. The summed E-state index contributed by atoms with van der Waals surface area (Å²) in [5.74, 6) is 0. The molecule has 0 unspecified atom stereocenters. The molecule has 1 aromatic carbocycles. The van der Waals surface area contributed by atoms with Crippen molar-refractivity contribution in [2.24, 2.45) is 0 Å². The van der Waals surface area contributed by atoms with E-state index in [1.54, 1.807) is 7.11 Å². The molecule has 1 heterocycles. The zero-order valence-electron chi connectivity index (χ0n) is 10.7. The fourth-order valence-corrected chi connectivity index (χ4v) is 2.29. The molecule has 1 aromatic heterocycles. The summed E-state index contributed by atoms with van der Waals surface area (Å²) >= 11 is 6.15. The molecule has 0 aliphatic heterocycles. The highest BCUT2D eigenvalue weighted by atomic mass is 35.5. The van der Waals surface area contributed by atoms with Crippen LogP contribution in [0, 0.1) is 0 Å². The third kappa shape index (κ3) is 3.25. The highest BCUT2D eigenvalue weighted by Crippen LogP contribution is 2.24. The second-order valence-electron chi connectivity index (χ2n) is 4.28. The first-order valence-corrected chi connectivity index (χ1v) is 6.64. The SMILES string of the molecule is COCCNCCCn1ccc2c(Cl)cccc21. The van der Waals surface area contributed by atoms with Crippen LogP contribution in [-0.2, 0) is 11.3 Å². The maximum atomic E-state index is 6.15. The number of halogens is 1. The molecular weight excluding hydrogens is 248 g/mol. The summed E-state index contributed by atoms with van der Waals surface area (Å²) in [5, 5.41) is 5.30. The van der Waals surface area contributed by atoms with Gasteiger partial charge in [-0.15, -0.1) is 0 Å². The summed E-state index contributed by atoms with van der Waals surface area (Å²) in [5.41, 5.74) is 1.21. The van der Waals surface area contributed by atoms with Gasteiger partial charge >= 0.3 is 0 Å². The molecule has 0 aliphatic rings. The number of benzene rings is 1. The monoisotopic (exact) mass is 266 g/mol. The maximum Gasteiger partial charge on any atom is 0.0587 e. The molecule has 0 saturated carbocycles. The van der Waals surface area contributed by atoms with Gasteiger partial charge in [-0.3, -0.25) is 0 Å². The van der Waals surface area contributed by atoms with Crippen molar-refractivity contribution in [2.75, 3.05) is 26.8 Å². The Morgan fingerprint density at radius 3 is 3.00 bits per heavy atom. The Labute approximate surface area is 113 Å². The number of hydrogen-bond donors (Lipinski definition) is 1. The molecule has 0 aliphatic carbocycles. The Balaban J connectivity index is 1.86. The van der Waals surface area contributed by atoms with Gasteiger partial charge in [0.05, 0.1) is 6.61 Å². The van der Waals surface area contributed by atoms with E-state index in [1.807, 2.05) is 12.1 Å². The lowest BCUT2D eigenvalue weighted by atomic mass is 10.2. The number of methoxy groups -OCH3 is 1. The summed E-state index contributed by atoms with van der Waals surface area (Å²) < 4.78 is 7.23. The van der Waals surface area contributed by atoms with E-state index in [-0.39, 0.29) is 0 Å². The molecule has 0 amide bonds. The largest absolute Gasteiger partial charge is 0.383 e. The van der Waals surface area contributed by atoms with Crippen molar-refractivity contribution in [3.05, 3.63) is 35.5 Å². The molecule has 4 heteroatoms. The van der Waals surface area contributed by atoms with Gasteiger partial charge in [-0.2, -0.15) is 0 Å². The van der Waals surface area contributed by atoms with Gasteiger partial charge in [0.1, 0.15) is 0 Å². The summed E-state index contributed by atoms with van der Waals surface area (Å²) in [6.07, 6.45) is 3.20. The summed E-state index contributed by atoms with van der Waals surface area (Å²) in [6.45, 7) is 3.68. The molecule has 18 heavy (non-hydrogen) atoms. The van der Waals surface area contributed by atoms with Crippen LogP contribution >= 0.6 is 11.6 Å². The topological polar surface area (TPSA) is 26.2 Å². The van der Waals surface area contributed by atoms with Crippen LogP contribution in [0.3, 0.4) is 0 Å². The smallest absolute Gasteiger partial charge is 0.0587 e. The minimum Gasteiger partial charge on any atom is -0.383 e. The van der Waals surface area contributed by atoms with Crippen LogP contribution in [0.5, 0.6) is 0 Å². The van der Waals surface area contributed by atoms with Crippen LogP contribution in [0.1, 0.15) is 6.42 Å². The Morgan fingerprint density at radius 1 is 1.28 bits per heavy atom. The van der Waals surface area contributed by atoms with Crippen LogP contribution in [0.2, 0.25) is 5.02 Å². The van der Waals surface area contributed by atoms with Crippen molar-refractivity contribution in [3.63, 3.8) is 0 Å². The first-order valence-electron chi connectivity index (χ1n) is 6.26. The second kappa shape index (κ2) is 6.78. The van der Waals surface area contributed by atoms with Crippen molar-refractivity contribution in [2.45, 2.75) is 13.0 Å². The van der Waals surface area contributed by atoms with Gasteiger partial charge in [0.15, 0.2) is 0 Å². The van der Waals surface area contributed by atoms with Gasteiger partial charge in [0, 0.05) is 42.3 Å². The van der Waals surface area contributed by atoms with Crippen molar-refractivity contribution >= 4 is 22.5 Å². The number of aryl methyl sites for hydroxylation is 1. The van der Waals surface area contributed by atoms with Crippen LogP contribution in [0.4, 0.5) is 0 Å². The average molecular weight is 267 g/mol. The van der Waals surface area contributed by atoms with Gasteiger partial charge in [0.2, 0.25) is 0 Å². The van der Waals surface area contributed by atoms with E-state index in [0.717, 1.165) is 43.1 Å². The number of nitrogens with zero attached hydrogens (tertiary/aromatic N) is 1. The van der Waals surface area contributed by atoms with E-state index < -0.39 is 0 Å². The number of nitrogens with one attached hydrogen (secondary N) is 1. The molecule has 0 fully saturated rings. The van der Waals surface area contributed by atoms with E-state index in [0.29, 0.717) is 0 Å². The van der Waals surface area contributed by atoms with Gasteiger partial charge < -0.3 is 14.6 Å². The predicted molar refractivity (Wildman–Crippen MR) is 76.3 cm³/mol. The molecular formula is C14H19ClN2O. The number of hydrogen-bond acceptors (Lipinski definition) is 2. The summed E-state index contributed by atoms with van der Waals surface area (Å²) in [4.78, 5) is 0. The Hall–Kier alpha value is -1.03. The third-order valence-electron chi connectivity index (χ3n) is 3.00. The minimum atomic E-state index is 0.766. The number of ether oxygens (including phenoxy) is 1. The highest BCUT2D eigenvalue weighted by Gasteiger charge is 2.03. The van der Waals surface area contributed by atoms with Crippen LogP contribution < -0.4 is 5.32 Å². The Morgan fingerprint density at radius 2 is 2.17 bits per heavy atom. The molecule has 98 valence electrons. The normalized spacial score (nSPS) is 11.2. The van der Waals surface area contributed by atoms with E-state index in [2.05, 4.69) is 28.2 Å². The fraction of sp³-hybridized carbons (Fsp3) is 0.429. The van der Waals surface area contributed by atoms with E-state index in [1.165, 1.54) is 5.52 Å². The van der Waals surface area contributed by atoms with Crippen LogP contribution in [-0.4, -0.2) is 31.4 Å². The molecule has 0 bridgehead atoms. The zero-order valence-corrected chi connectivity index (χ0v) is 11.4. The van der Waals surface area contributed by atoms with Crippen molar-refractivity contribution < 1.29 is 4.74 Å². The van der Waals surface area contributed by atoms with E-state index in [9.17, 15) is 0 Å². The molecule has 2 rings (SSSR count). The maximum absolute atomic E-state index is 6.15. The third-order valence-corrected chi connectivity index (χ3v) is 3.33. The van der Waals surface area contributed by atoms with Crippen LogP contribution in [0.25, 0.3) is 10.9 Å². The standard InChI is InChI=1S/C14H19ClN2O/c1-18-11-8-16-7-3-9-17-10-6-12-13(15)4-2-5-14(12)17/h2,4-6,10,16H,3,7-9,11H2,1H3. The zero-order chi connectivity index (χ0) is 12.8. The number of aromatic nitrogens is 1. The molecule has 3 nitrogen and oxygen atoms in total. The Kier molecular flexibility index (Phi) is 5.05. The number of fused-ring (bicyclic) bond motifs is 1. The molecule has 0 radical (unpaired) electrons. The molecule has 1 N–H and O–H groups in total.